The molecular weight excluding hydrogens is 266 g/mol. The maximum absolute atomic E-state index is 11.7. The van der Waals surface area contributed by atoms with Crippen molar-refractivity contribution in [1.82, 2.24) is 9.97 Å². The molecule has 2 aliphatic carbocycles. The topological polar surface area (TPSA) is 66.3 Å². The van der Waals surface area contributed by atoms with Crippen LogP contribution in [0.1, 0.15) is 49.8 Å². The Balaban J connectivity index is 1.77. The maximum Gasteiger partial charge on any atom is 0.326 e. The minimum absolute atomic E-state index is 0.361. The van der Waals surface area contributed by atoms with E-state index in [1.807, 2.05) is 0 Å². The Morgan fingerprint density at radius 3 is 2.90 bits per heavy atom. The second-order valence-electron chi connectivity index (χ2n) is 6.58. The lowest BCUT2D eigenvalue weighted by Crippen LogP contribution is -2.43. The SMILES string of the molecule is O=C(O)C1CC2CCCCC2N1c1ncnc2c1CCC2. The molecule has 1 aromatic rings. The van der Waals surface area contributed by atoms with Crippen molar-refractivity contribution < 1.29 is 9.90 Å². The number of rotatable bonds is 2. The maximum atomic E-state index is 11.7. The van der Waals surface area contributed by atoms with Crippen LogP contribution in [0.4, 0.5) is 5.82 Å². The van der Waals surface area contributed by atoms with Gasteiger partial charge in [-0.15, -0.1) is 0 Å². The third-order valence-electron chi connectivity index (χ3n) is 5.47. The third-order valence-corrected chi connectivity index (χ3v) is 5.47. The number of anilines is 1. The first-order valence-electron chi connectivity index (χ1n) is 8.09. The van der Waals surface area contributed by atoms with Crippen LogP contribution in [0, 0.1) is 5.92 Å². The molecule has 5 heteroatoms. The van der Waals surface area contributed by atoms with Gasteiger partial charge in [0, 0.05) is 17.3 Å². The molecule has 5 nitrogen and oxygen atoms in total. The Morgan fingerprint density at radius 1 is 1.19 bits per heavy atom. The van der Waals surface area contributed by atoms with Crippen LogP contribution in [0.5, 0.6) is 0 Å². The van der Waals surface area contributed by atoms with E-state index in [9.17, 15) is 9.90 Å². The molecule has 2 fully saturated rings. The van der Waals surface area contributed by atoms with Gasteiger partial charge < -0.3 is 10.0 Å². The third kappa shape index (κ3) is 2.01. The lowest BCUT2D eigenvalue weighted by atomic mass is 9.84. The molecule has 21 heavy (non-hydrogen) atoms. The fourth-order valence-corrected chi connectivity index (χ4v) is 4.55. The van der Waals surface area contributed by atoms with Crippen molar-refractivity contribution in [3.8, 4) is 0 Å². The second-order valence-corrected chi connectivity index (χ2v) is 6.58. The van der Waals surface area contributed by atoms with Crippen LogP contribution >= 0.6 is 0 Å². The Labute approximate surface area is 124 Å². The van der Waals surface area contributed by atoms with Crippen molar-refractivity contribution in [3.05, 3.63) is 17.6 Å². The van der Waals surface area contributed by atoms with Gasteiger partial charge in [-0.2, -0.15) is 0 Å². The Bertz CT molecular complexity index is 575. The van der Waals surface area contributed by atoms with Gasteiger partial charge in [-0.1, -0.05) is 12.8 Å². The molecule has 3 aliphatic rings. The van der Waals surface area contributed by atoms with Crippen LogP contribution in [0.15, 0.2) is 6.33 Å². The Hall–Kier alpha value is -1.65. The molecule has 0 radical (unpaired) electrons. The minimum atomic E-state index is -0.699. The first-order valence-corrected chi connectivity index (χ1v) is 8.09. The normalized spacial score (nSPS) is 31.0. The van der Waals surface area contributed by atoms with Crippen molar-refractivity contribution in [2.45, 2.75) is 63.5 Å². The molecule has 1 saturated carbocycles. The van der Waals surface area contributed by atoms with E-state index in [4.69, 9.17) is 0 Å². The predicted octanol–water partition coefficient (Wildman–Crippen LogP) is 2.19. The van der Waals surface area contributed by atoms with Crippen LogP contribution in [0.25, 0.3) is 0 Å². The molecular formula is C16H21N3O2. The number of aromatic nitrogens is 2. The van der Waals surface area contributed by atoms with Gasteiger partial charge in [0.05, 0.1) is 0 Å². The molecule has 3 atom stereocenters. The van der Waals surface area contributed by atoms with Crippen molar-refractivity contribution in [3.63, 3.8) is 0 Å². The van der Waals surface area contributed by atoms with E-state index in [0.29, 0.717) is 12.0 Å². The minimum Gasteiger partial charge on any atom is -0.480 e. The summed E-state index contributed by atoms with van der Waals surface area (Å²) >= 11 is 0. The average molecular weight is 287 g/mol. The summed E-state index contributed by atoms with van der Waals surface area (Å²) in [5.74, 6) is 0.737. The number of aliphatic carboxylic acids is 1. The lowest BCUT2D eigenvalue weighted by Gasteiger charge is -2.34. The Kier molecular flexibility index (Phi) is 3.08. The first-order chi connectivity index (χ1) is 10.3. The van der Waals surface area contributed by atoms with Gasteiger partial charge >= 0.3 is 5.97 Å². The summed E-state index contributed by atoms with van der Waals surface area (Å²) in [6.45, 7) is 0. The van der Waals surface area contributed by atoms with Crippen molar-refractivity contribution >= 4 is 11.8 Å². The molecule has 112 valence electrons. The number of fused-ring (bicyclic) bond motifs is 2. The van der Waals surface area contributed by atoms with Crippen LogP contribution in [-0.2, 0) is 17.6 Å². The highest BCUT2D eigenvalue weighted by molar-refractivity contribution is 5.79. The number of carboxylic acids is 1. The second kappa shape index (κ2) is 4.97. The van der Waals surface area contributed by atoms with Crippen molar-refractivity contribution in [2.75, 3.05) is 4.90 Å². The van der Waals surface area contributed by atoms with Gasteiger partial charge in [0.2, 0.25) is 0 Å². The lowest BCUT2D eigenvalue weighted by molar-refractivity contribution is -0.138. The molecule has 1 aromatic heterocycles. The highest BCUT2D eigenvalue weighted by Gasteiger charge is 2.46. The summed E-state index contributed by atoms with van der Waals surface area (Å²) in [5, 5.41) is 9.66. The van der Waals surface area contributed by atoms with Gasteiger partial charge in [0.15, 0.2) is 0 Å². The largest absolute Gasteiger partial charge is 0.480 e. The van der Waals surface area contributed by atoms with Crippen LogP contribution < -0.4 is 4.90 Å². The van der Waals surface area contributed by atoms with Crippen molar-refractivity contribution in [1.29, 1.82) is 0 Å². The fourth-order valence-electron chi connectivity index (χ4n) is 4.55. The van der Waals surface area contributed by atoms with E-state index in [0.717, 1.165) is 50.0 Å². The van der Waals surface area contributed by atoms with Gasteiger partial charge in [0.25, 0.3) is 0 Å². The summed E-state index contributed by atoms with van der Waals surface area (Å²) in [6, 6.07) is -0.0443. The van der Waals surface area contributed by atoms with Gasteiger partial charge in [0.1, 0.15) is 18.2 Å². The highest BCUT2D eigenvalue weighted by Crippen LogP contribution is 2.43. The number of carbonyl (C=O) groups is 1. The zero-order valence-corrected chi connectivity index (χ0v) is 12.2. The summed E-state index contributed by atoms with van der Waals surface area (Å²) < 4.78 is 0. The van der Waals surface area contributed by atoms with Gasteiger partial charge in [-0.25, -0.2) is 14.8 Å². The van der Waals surface area contributed by atoms with E-state index >= 15 is 0 Å². The molecule has 1 aliphatic heterocycles. The van der Waals surface area contributed by atoms with Crippen LogP contribution in [0.2, 0.25) is 0 Å². The average Bonchev–Trinajstić information content (AvgIpc) is 3.11. The fraction of sp³-hybridized carbons (Fsp3) is 0.688. The highest BCUT2D eigenvalue weighted by atomic mass is 16.4. The monoisotopic (exact) mass is 287 g/mol. The molecule has 0 amide bonds. The summed E-state index contributed by atoms with van der Waals surface area (Å²) in [6.07, 6.45) is 10.2. The van der Waals surface area contributed by atoms with Crippen LogP contribution in [0.3, 0.4) is 0 Å². The van der Waals surface area contributed by atoms with Gasteiger partial charge in [-0.05, 0) is 44.4 Å². The number of nitrogens with zero attached hydrogens (tertiary/aromatic N) is 3. The number of hydrogen-bond acceptors (Lipinski definition) is 4. The molecule has 2 heterocycles. The quantitative estimate of drug-likeness (QED) is 0.903. The summed E-state index contributed by atoms with van der Waals surface area (Å²) in [7, 11) is 0. The molecule has 3 unspecified atom stereocenters. The van der Waals surface area contributed by atoms with E-state index in [2.05, 4.69) is 14.9 Å². The van der Waals surface area contributed by atoms with Gasteiger partial charge in [-0.3, -0.25) is 0 Å². The number of carboxylic acid groups (broad SMARTS) is 1. The van der Waals surface area contributed by atoms with E-state index in [1.165, 1.54) is 18.4 Å². The summed E-state index contributed by atoms with van der Waals surface area (Å²) in [4.78, 5) is 22.8. The first kappa shape index (κ1) is 13.0. The molecule has 1 N–H and O–H groups in total. The molecule has 4 rings (SSSR count). The Morgan fingerprint density at radius 2 is 2.05 bits per heavy atom. The molecule has 0 bridgehead atoms. The predicted molar refractivity (Wildman–Crippen MR) is 78.3 cm³/mol. The zero-order chi connectivity index (χ0) is 14.4. The van der Waals surface area contributed by atoms with E-state index in [1.54, 1.807) is 6.33 Å². The molecule has 1 saturated heterocycles. The smallest absolute Gasteiger partial charge is 0.326 e. The van der Waals surface area contributed by atoms with E-state index in [-0.39, 0.29) is 0 Å². The van der Waals surface area contributed by atoms with Crippen molar-refractivity contribution in [2.24, 2.45) is 5.92 Å². The summed E-state index contributed by atoms with van der Waals surface area (Å²) in [5.41, 5.74) is 2.33. The number of aryl methyl sites for hydroxylation is 1. The zero-order valence-electron chi connectivity index (χ0n) is 12.2. The van der Waals surface area contributed by atoms with Crippen LogP contribution in [-0.4, -0.2) is 33.1 Å². The number of hydrogen-bond donors (Lipinski definition) is 1. The molecule has 0 aromatic carbocycles. The standard InChI is InChI=1S/C16H21N3O2/c20-16(21)14-8-10-4-1-2-7-13(10)19(14)15-11-5-3-6-12(11)17-9-18-15/h9-10,13-14H,1-8H2,(H,20,21). The molecule has 0 spiro atoms. The van der Waals surface area contributed by atoms with E-state index < -0.39 is 12.0 Å².